The second-order valence-corrected chi connectivity index (χ2v) is 5.81. The molecule has 5 nitrogen and oxygen atoms in total. The van der Waals surface area contributed by atoms with E-state index in [1.54, 1.807) is 0 Å². The number of nitrogen functional groups attached to an aromatic ring is 1. The van der Waals surface area contributed by atoms with Crippen LogP contribution in [0.2, 0.25) is 0 Å². The minimum atomic E-state index is 0.250. The third kappa shape index (κ3) is 2.81. The lowest BCUT2D eigenvalue weighted by atomic mass is 9.96. The molecule has 1 fully saturated rings. The third-order valence-corrected chi connectivity index (χ3v) is 4.36. The van der Waals surface area contributed by atoms with Gasteiger partial charge in [0.2, 0.25) is 0 Å². The number of aryl methyl sites for hydroxylation is 1. The van der Waals surface area contributed by atoms with Crippen LogP contribution in [0.3, 0.4) is 0 Å². The highest BCUT2D eigenvalue weighted by Crippen LogP contribution is 2.34. The first-order valence-electron chi connectivity index (χ1n) is 6.97. The molecule has 19 heavy (non-hydrogen) atoms. The molecule has 0 saturated heterocycles. The zero-order valence-electron chi connectivity index (χ0n) is 12.5. The van der Waals surface area contributed by atoms with E-state index >= 15 is 0 Å². The van der Waals surface area contributed by atoms with Gasteiger partial charge in [0, 0.05) is 17.6 Å². The topological polar surface area (TPSA) is 67.1 Å². The predicted molar refractivity (Wildman–Crippen MR) is 79.3 cm³/mol. The van der Waals surface area contributed by atoms with E-state index in [2.05, 4.69) is 34.3 Å². The molecular formula is C14H25N5. The van der Waals surface area contributed by atoms with Gasteiger partial charge in [0.1, 0.15) is 17.5 Å². The van der Waals surface area contributed by atoms with Crippen LogP contribution in [0.4, 0.5) is 11.6 Å². The summed E-state index contributed by atoms with van der Waals surface area (Å²) in [4.78, 5) is 11.0. The van der Waals surface area contributed by atoms with E-state index in [4.69, 9.17) is 5.73 Å². The van der Waals surface area contributed by atoms with Crippen LogP contribution in [-0.4, -0.2) is 41.0 Å². The van der Waals surface area contributed by atoms with E-state index in [1.807, 2.05) is 13.8 Å². The summed E-state index contributed by atoms with van der Waals surface area (Å²) in [6, 6.07) is 0. The highest BCUT2D eigenvalue weighted by Gasteiger charge is 2.35. The van der Waals surface area contributed by atoms with Crippen molar-refractivity contribution in [1.82, 2.24) is 14.9 Å². The van der Waals surface area contributed by atoms with Crippen molar-refractivity contribution in [1.29, 1.82) is 0 Å². The molecule has 0 atom stereocenters. The fourth-order valence-corrected chi connectivity index (χ4v) is 2.89. The first-order valence-corrected chi connectivity index (χ1v) is 6.97. The van der Waals surface area contributed by atoms with Gasteiger partial charge < -0.3 is 16.0 Å². The maximum absolute atomic E-state index is 5.90. The molecule has 1 aliphatic carbocycles. The van der Waals surface area contributed by atoms with E-state index < -0.39 is 0 Å². The summed E-state index contributed by atoms with van der Waals surface area (Å²) in [7, 11) is 4.33. The molecule has 1 heterocycles. The molecule has 2 rings (SSSR count). The summed E-state index contributed by atoms with van der Waals surface area (Å²) in [5.41, 5.74) is 7.09. The van der Waals surface area contributed by atoms with Gasteiger partial charge in [-0.2, -0.15) is 0 Å². The second kappa shape index (κ2) is 5.33. The minimum absolute atomic E-state index is 0.250. The molecule has 0 unspecified atom stereocenters. The van der Waals surface area contributed by atoms with E-state index in [1.165, 1.54) is 25.7 Å². The Morgan fingerprint density at radius 1 is 1.21 bits per heavy atom. The first-order chi connectivity index (χ1) is 8.94. The largest absolute Gasteiger partial charge is 0.383 e. The molecule has 0 amide bonds. The molecule has 0 radical (unpaired) electrons. The van der Waals surface area contributed by atoms with Gasteiger partial charge in [-0.1, -0.05) is 12.8 Å². The number of nitrogens with one attached hydrogen (secondary N) is 1. The first kappa shape index (κ1) is 14.1. The van der Waals surface area contributed by atoms with Gasteiger partial charge in [-0.15, -0.1) is 0 Å². The Morgan fingerprint density at radius 2 is 1.84 bits per heavy atom. The molecule has 5 heteroatoms. The van der Waals surface area contributed by atoms with Crippen molar-refractivity contribution < 1.29 is 0 Å². The lowest BCUT2D eigenvalue weighted by Crippen LogP contribution is -2.47. The summed E-state index contributed by atoms with van der Waals surface area (Å²) in [6.07, 6.45) is 5.10. The molecule has 106 valence electrons. The average molecular weight is 263 g/mol. The predicted octanol–water partition coefficient (Wildman–Crippen LogP) is 1.96. The Morgan fingerprint density at radius 3 is 2.42 bits per heavy atom. The van der Waals surface area contributed by atoms with Crippen LogP contribution in [0, 0.1) is 13.8 Å². The molecule has 0 aromatic carbocycles. The molecule has 0 aliphatic heterocycles. The molecule has 0 bridgehead atoms. The summed E-state index contributed by atoms with van der Waals surface area (Å²) in [5.74, 6) is 2.16. The molecule has 3 N–H and O–H groups in total. The lowest BCUT2D eigenvalue weighted by molar-refractivity contribution is 0.172. The van der Waals surface area contributed by atoms with Crippen LogP contribution in [0.15, 0.2) is 0 Å². The van der Waals surface area contributed by atoms with Crippen molar-refractivity contribution in [3.05, 3.63) is 11.4 Å². The minimum Gasteiger partial charge on any atom is -0.383 e. The van der Waals surface area contributed by atoms with Crippen molar-refractivity contribution in [3.8, 4) is 0 Å². The van der Waals surface area contributed by atoms with E-state index in [0.29, 0.717) is 5.82 Å². The number of rotatable bonds is 4. The Kier molecular flexibility index (Phi) is 3.94. The number of anilines is 2. The van der Waals surface area contributed by atoms with Crippen LogP contribution in [0.1, 0.15) is 37.1 Å². The van der Waals surface area contributed by atoms with Crippen LogP contribution < -0.4 is 11.1 Å². The maximum atomic E-state index is 5.90. The van der Waals surface area contributed by atoms with Crippen LogP contribution in [0.5, 0.6) is 0 Å². The second-order valence-electron chi connectivity index (χ2n) is 5.81. The number of likely N-dealkylation sites (N-methyl/N-ethyl adjacent to an activating group) is 1. The number of nitrogens with zero attached hydrogens (tertiary/aromatic N) is 3. The Labute approximate surface area is 115 Å². The Hall–Kier alpha value is -1.36. The molecular weight excluding hydrogens is 238 g/mol. The number of nitrogens with two attached hydrogens (primary N) is 1. The zero-order chi connectivity index (χ0) is 14.0. The van der Waals surface area contributed by atoms with Gasteiger partial charge in [0.15, 0.2) is 0 Å². The molecule has 1 aliphatic rings. The van der Waals surface area contributed by atoms with Crippen molar-refractivity contribution in [3.63, 3.8) is 0 Å². The van der Waals surface area contributed by atoms with Gasteiger partial charge in [0.05, 0.1) is 0 Å². The third-order valence-electron chi connectivity index (χ3n) is 4.36. The standard InChI is InChI=1S/C14H25N5/c1-10-12(15)17-11(2)18-13(10)16-9-14(19(3)4)7-5-6-8-14/h5-9H2,1-4H3,(H3,15,16,17,18). The van der Waals surface area contributed by atoms with E-state index in [9.17, 15) is 0 Å². The smallest absolute Gasteiger partial charge is 0.134 e. The highest BCUT2D eigenvalue weighted by molar-refractivity contribution is 5.54. The molecule has 1 aromatic heterocycles. The summed E-state index contributed by atoms with van der Waals surface area (Å²) in [6.45, 7) is 4.75. The SMILES string of the molecule is Cc1nc(N)c(C)c(NCC2(N(C)C)CCCC2)n1. The van der Waals surface area contributed by atoms with Crippen molar-refractivity contribution in [2.24, 2.45) is 0 Å². The number of aromatic nitrogens is 2. The van der Waals surface area contributed by atoms with Crippen LogP contribution in [-0.2, 0) is 0 Å². The van der Waals surface area contributed by atoms with Gasteiger partial charge in [-0.3, -0.25) is 0 Å². The molecule has 0 spiro atoms. The van der Waals surface area contributed by atoms with Crippen molar-refractivity contribution in [2.75, 3.05) is 31.7 Å². The number of hydrogen-bond acceptors (Lipinski definition) is 5. The average Bonchev–Trinajstić information content (AvgIpc) is 2.82. The van der Waals surface area contributed by atoms with Crippen molar-refractivity contribution >= 4 is 11.6 Å². The zero-order valence-corrected chi connectivity index (χ0v) is 12.5. The molecule has 1 aromatic rings. The van der Waals surface area contributed by atoms with Crippen molar-refractivity contribution in [2.45, 2.75) is 45.1 Å². The normalized spacial score (nSPS) is 17.9. The van der Waals surface area contributed by atoms with Gasteiger partial charge in [-0.05, 0) is 40.8 Å². The van der Waals surface area contributed by atoms with Gasteiger partial charge >= 0.3 is 0 Å². The van der Waals surface area contributed by atoms with Crippen LogP contribution >= 0.6 is 0 Å². The van der Waals surface area contributed by atoms with Gasteiger partial charge in [-0.25, -0.2) is 9.97 Å². The van der Waals surface area contributed by atoms with Crippen LogP contribution in [0.25, 0.3) is 0 Å². The summed E-state index contributed by atoms with van der Waals surface area (Å²) >= 11 is 0. The highest BCUT2D eigenvalue weighted by atomic mass is 15.2. The maximum Gasteiger partial charge on any atom is 0.134 e. The van der Waals surface area contributed by atoms with E-state index in [-0.39, 0.29) is 5.54 Å². The summed E-state index contributed by atoms with van der Waals surface area (Å²) < 4.78 is 0. The Balaban J connectivity index is 2.14. The quantitative estimate of drug-likeness (QED) is 0.869. The Bertz CT molecular complexity index is 449. The lowest BCUT2D eigenvalue weighted by Gasteiger charge is -2.36. The fourth-order valence-electron chi connectivity index (χ4n) is 2.89. The molecule has 1 saturated carbocycles. The number of hydrogen-bond donors (Lipinski definition) is 2. The summed E-state index contributed by atoms with van der Waals surface area (Å²) in [5, 5.41) is 3.49. The van der Waals surface area contributed by atoms with E-state index in [0.717, 1.165) is 23.8 Å². The van der Waals surface area contributed by atoms with Gasteiger partial charge in [0.25, 0.3) is 0 Å². The fraction of sp³-hybridized carbons (Fsp3) is 0.714. The monoisotopic (exact) mass is 263 g/mol.